The van der Waals surface area contributed by atoms with Gasteiger partial charge in [0.25, 0.3) is 5.91 Å². The lowest BCUT2D eigenvalue weighted by Crippen LogP contribution is -2.39. The van der Waals surface area contributed by atoms with Crippen LogP contribution in [0.15, 0.2) is 82.8 Å². The van der Waals surface area contributed by atoms with Gasteiger partial charge in [-0.1, -0.05) is 65.2 Å². The summed E-state index contributed by atoms with van der Waals surface area (Å²) in [6.45, 7) is 1.52. The lowest BCUT2D eigenvalue weighted by Gasteiger charge is -2.21. The Balaban J connectivity index is 1.79. The van der Waals surface area contributed by atoms with Crippen molar-refractivity contribution in [3.05, 3.63) is 99.5 Å². The largest absolute Gasteiger partial charge is 0.272 e. The summed E-state index contributed by atoms with van der Waals surface area (Å²) in [6, 6.07) is 20.1. The Kier molecular flexibility index (Phi) is 8.04. The Labute approximate surface area is 197 Å². The average Bonchev–Trinajstić information content (AvgIpc) is 2.75. The van der Waals surface area contributed by atoms with E-state index in [-0.39, 0.29) is 11.4 Å². The maximum absolute atomic E-state index is 13.2. The number of hydrogen-bond acceptors (Lipinski definition) is 4. The average molecular weight is 490 g/mol. The van der Waals surface area contributed by atoms with Crippen LogP contribution < -0.4 is 5.43 Å². The third kappa shape index (κ3) is 6.64. The predicted molar refractivity (Wildman–Crippen MR) is 127 cm³/mol. The number of nitrogens with one attached hydrogen (secondary N) is 1. The summed E-state index contributed by atoms with van der Waals surface area (Å²) < 4.78 is 27.5. The summed E-state index contributed by atoms with van der Waals surface area (Å²) in [7, 11) is -3.98. The zero-order valence-electron chi connectivity index (χ0n) is 17.2. The summed E-state index contributed by atoms with van der Waals surface area (Å²) in [5, 5.41) is 4.88. The molecule has 166 valence electrons. The summed E-state index contributed by atoms with van der Waals surface area (Å²) in [6.07, 6.45) is 1.50. The fraction of sp³-hybridized carbons (Fsp3) is 0.130. The van der Waals surface area contributed by atoms with E-state index in [2.05, 4.69) is 10.5 Å². The number of nitrogens with zero attached hydrogens (tertiary/aromatic N) is 2. The Morgan fingerprint density at radius 2 is 1.62 bits per heavy atom. The Hall–Kier alpha value is -2.71. The van der Waals surface area contributed by atoms with Gasteiger partial charge in [0.2, 0.25) is 10.0 Å². The second-order valence-electron chi connectivity index (χ2n) is 7.06. The van der Waals surface area contributed by atoms with E-state index in [9.17, 15) is 13.2 Å². The van der Waals surface area contributed by atoms with Crippen LogP contribution >= 0.6 is 23.2 Å². The van der Waals surface area contributed by atoms with Crippen LogP contribution in [0.25, 0.3) is 0 Å². The highest BCUT2D eigenvalue weighted by Crippen LogP contribution is 2.21. The molecule has 0 saturated carbocycles. The number of benzene rings is 3. The summed E-state index contributed by atoms with van der Waals surface area (Å²) in [4.78, 5) is 12.5. The van der Waals surface area contributed by atoms with Crippen molar-refractivity contribution in [2.24, 2.45) is 5.10 Å². The molecule has 3 aromatic rings. The van der Waals surface area contributed by atoms with Gasteiger partial charge >= 0.3 is 0 Å². The summed E-state index contributed by atoms with van der Waals surface area (Å²) in [5.74, 6) is -0.569. The molecule has 3 rings (SSSR count). The molecule has 0 aliphatic carbocycles. The number of aryl methyl sites for hydroxylation is 1. The van der Waals surface area contributed by atoms with Gasteiger partial charge in [-0.2, -0.15) is 9.41 Å². The minimum Gasteiger partial charge on any atom is -0.272 e. The van der Waals surface area contributed by atoms with Crippen molar-refractivity contribution in [3.63, 3.8) is 0 Å². The van der Waals surface area contributed by atoms with Crippen molar-refractivity contribution >= 4 is 45.3 Å². The van der Waals surface area contributed by atoms with Gasteiger partial charge in [0, 0.05) is 16.6 Å². The molecule has 0 spiro atoms. The molecular weight excluding hydrogens is 469 g/mol. The van der Waals surface area contributed by atoms with Crippen molar-refractivity contribution in [3.8, 4) is 0 Å². The fourth-order valence-electron chi connectivity index (χ4n) is 2.90. The molecule has 0 aromatic heterocycles. The summed E-state index contributed by atoms with van der Waals surface area (Å²) >= 11 is 11.8. The predicted octanol–water partition coefficient (Wildman–Crippen LogP) is 4.64. The van der Waals surface area contributed by atoms with E-state index in [1.165, 1.54) is 30.5 Å². The topological polar surface area (TPSA) is 78.8 Å². The Morgan fingerprint density at radius 1 is 1.00 bits per heavy atom. The normalized spacial score (nSPS) is 11.8. The third-order valence-electron chi connectivity index (χ3n) is 4.49. The number of amides is 1. The van der Waals surface area contributed by atoms with Crippen LogP contribution in [-0.2, 0) is 21.4 Å². The SMILES string of the molecule is Cc1cccc(/C=N\NC(=O)CN(Cc2ccc(Cl)cc2)S(=O)(=O)c2ccc(Cl)cc2)c1. The molecule has 0 aliphatic heterocycles. The maximum atomic E-state index is 13.2. The van der Waals surface area contributed by atoms with E-state index >= 15 is 0 Å². The van der Waals surface area contributed by atoms with Crippen LogP contribution in [0.3, 0.4) is 0 Å². The summed E-state index contributed by atoms with van der Waals surface area (Å²) in [5.41, 5.74) is 4.95. The van der Waals surface area contributed by atoms with E-state index in [0.717, 1.165) is 15.4 Å². The number of rotatable bonds is 8. The molecule has 0 saturated heterocycles. The molecule has 9 heteroatoms. The second-order valence-corrected chi connectivity index (χ2v) is 9.87. The van der Waals surface area contributed by atoms with Gasteiger partial charge in [-0.25, -0.2) is 13.8 Å². The van der Waals surface area contributed by atoms with Gasteiger partial charge in [0.05, 0.1) is 17.7 Å². The van der Waals surface area contributed by atoms with E-state index in [4.69, 9.17) is 23.2 Å². The number of carbonyl (C=O) groups is 1. The van der Waals surface area contributed by atoms with Gasteiger partial charge in [-0.3, -0.25) is 4.79 Å². The highest BCUT2D eigenvalue weighted by molar-refractivity contribution is 7.89. The molecular formula is C23H21Cl2N3O3S. The van der Waals surface area contributed by atoms with Gasteiger partial charge in [-0.15, -0.1) is 0 Å². The van der Waals surface area contributed by atoms with Crippen LogP contribution in [0, 0.1) is 6.92 Å². The number of hydrogen-bond donors (Lipinski definition) is 1. The minimum atomic E-state index is -3.98. The second kappa shape index (κ2) is 10.7. The smallest absolute Gasteiger partial charge is 0.255 e. The number of halogens is 2. The van der Waals surface area contributed by atoms with E-state index < -0.39 is 22.5 Å². The molecule has 0 bridgehead atoms. The number of sulfonamides is 1. The van der Waals surface area contributed by atoms with E-state index in [0.29, 0.717) is 15.6 Å². The first-order chi connectivity index (χ1) is 15.2. The van der Waals surface area contributed by atoms with Crippen molar-refractivity contribution < 1.29 is 13.2 Å². The molecule has 0 fully saturated rings. The van der Waals surface area contributed by atoms with Crippen LogP contribution in [0.5, 0.6) is 0 Å². The van der Waals surface area contributed by atoms with E-state index in [1.54, 1.807) is 24.3 Å². The molecule has 1 N–H and O–H groups in total. The lowest BCUT2D eigenvalue weighted by molar-refractivity contribution is -0.121. The molecule has 1 amide bonds. The van der Waals surface area contributed by atoms with E-state index in [1.807, 2.05) is 31.2 Å². The highest BCUT2D eigenvalue weighted by atomic mass is 35.5. The molecule has 0 atom stereocenters. The minimum absolute atomic E-state index is 0.0167. The lowest BCUT2D eigenvalue weighted by atomic mass is 10.2. The number of hydrazone groups is 1. The zero-order chi connectivity index (χ0) is 23.1. The Morgan fingerprint density at radius 3 is 2.25 bits per heavy atom. The van der Waals surface area contributed by atoms with Crippen molar-refractivity contribution in [2.75, 3.05) is 6.54 Å². The van der Waals surface area contributed by atoms with Gasteiger partial charge in [0.15, 0.2) is 0 Å². The molecule has 0 aliphatic rings. The van der Waals surface area contributed by atoms with Crippen molar-refractivity contribution in [1.82, 2.24) is 9.73 Å². The van der Waals surface area contributed by atoms with Gasteiger partial charge < -0.3 is 0 Å². The highest BCUT2D eigenvalue weighted by Gasteiger charge is 2.27. The molecule has 0 heterocycles. The standard InChI is InChI=1S/C23H21Cl2N3O3S/c1-17-3-2-4-19(13-17)14-26-27-23(29)16-28(15-18-5-7-20(24)8-6-18)32(30,31)22-11-9-21(25)10-12-22/h2-14H,15-16H2,1H3,(H,27,29)/b26-14-. The van der Waals surface area contributed by atoms with Crippen LogP contribution in [0.2, 0.25) is 10.0 Å². The first-order valence-corrected chi connectivity index (χ1v) is 11.8. The molecule has 0 radical (unpaired) electrons. The Bertz CT molecular complexity index is 1210. The molecule has 0 unspecified atom stereocenters. The third-order valence-corrected chi connectivity index (χ3v) is 6.80. The first kappa shape index (κ1) is 23.9. The fourth-order valence-corrected chi connectivity index (χ4v) is 4.54. The van der Waals surface area contributed by atoms with Gasteiger partial charge in [0.1, 0.15) is 0 Å². The zero-order valence-corrected chi connectivity index (χ0v) is 19.5. The molecule has 3 aromatic carbocycles. The van der Waals surface area contributed by atoms with Gasteiger partial charge in [-0.05, 0) is 54.4 Å². The first-order valence-electron chi connectivity index (χ1n) is 9.63. The van der Waals surface area contributed by atoms with Crippen molar-refractivity contribution in [2.45, 2.75) is 18.4 Å². The number of carbonyl (C=O) groups excluding carboxylic acids is 1. The van der Waals surface area contributed by atoms with Crippen LogP contribution in [0.4, 0.5) is 0 Å². The monoisotopic (exact) mass is 489 g/mol. The van der Waals surface area contributed by atoms with Crippen LogP contribution in [0.1, 0.15) is 16.7 Å². The maximum Gasteiger partial charge on any atom is 0.255 e. The van der Waals surface area contributed by atoms with Crippen molar-refractivity contribution in [1.29, 1.82) is 0 Å². The molecule has 32 heavy (non-hydrogen) atoms. The molecule has 6 nitrogen and oxygen atoms in total. The van der Waals surface area contributed by atoms with Crippen LogP contribution in [-0.4, -0.2) is 31.4 Å². The quantitative estimate of drug-likeness (QED) is 0.369.